The summed E-state index contributed by atoms with van der Waals surface area (Å²) in [5.74, 6) is 1.31. The highest BCUT2D eigenvalue weighted by Crippen LogP contribution is 2.31. The Kier molecular flexibility index (Phi) is 4.13. The standard InChI is InChI=1S/C18H16BrN5/c19-14-7-3-8-15(11-14)21-17-12-20-23-18(22-17)24-10-4-6-13-5-1-2-9-16(13)24/h1-3,5,7-9,11-12H,4,6,10H2,(H,21,22,23). The molecule has 2 aromatic carbocycles. The number of hydrogen-bond acceptors (Lipinski definition) is 5. The van der Waals surface area contributed by atoms with E-state index in [-0.39, 0.29) is 0 Å². The first-order chi connectivity index (χ1) is 11.8. The van der Waals surface area contributed by atoms with Gasteiger partial charge in [0.2, 0.25) is 0 Å². The van der Waals surface area contributed by atoms with Gasteiger partial charge in [-0.1, -0.05) is 40.2 Å². The number of fused-ring (bicyclic) bond motifs is 1. The Morgan fingerprint density at radius 2 is 2.00 bits per heavy atom. The number of rotatable bonds is 3. The highest BCUT2D eigenvalue weighted by atomic mass is 79.9. The predicted molar refractivity (Wildman–Crippen MR) is 99.0 cm³/mol. The second-order valence-electron chi connectivity index (χ2n) is 5.66. The SMILES string of the molecule is Brc1cccc(Nc2cnnc(N3CCCc4ccccc43)n2)c1. The fourth-order valence-corrected chi connectivity index (χ4v) is 3.32. The van der Waals surface area contributed by atoms with Gasteiger partial charge in [0.1, 0.15) is 0 Å². The molecule has 1 aliphatic heterocycles. The lowest BCUT2D eigenvalue weighted by atomic mass is 10.0. The summed E-state index contributed by atoms with van der Waals surface area (Å²) >= 11 is 3.47. The van der Waals surface area contributed by atoms with E-state index in [2.05, 4.69) is 59.5 Å². The second-order valence-corrected chi connectivity index (χ2v) is 6.58. The largest absolute Gasteiger partial charge is 0.339 e. The molecule has 0 unspecified atom stereocenters. The van der Waals surface area contributed by atoms with E-state index in [9.17, 15) is 0 Å². The molecule has 1 aromatic heterocycles. The Morgan fingerprint density at radius 3 is 2.92 bits per heavy atom. The zero-order valence-corrected chi connectivity index (χ0v) is 14.6. The molecule has 24 heavy (non-hydrogen) atoms. The summed E-state index contributed by atoms with van der Waals surface area (Å²) in [4.78, 5) is 6.78. The van der Waals surface area contributed by atoms with Crippen LogP contribution in [0.5, 0.6) is 0 Å². The Labute approximate surface area is 148 Å². The van der Waals surface area contributed by atoms with Crippen molar-refractivity contribution < 1.29 is 0 Å². The quantitative estimate of drug-likeness (QED) is 0.725. The first-order valence-corrected chi connectivity index (χ1v) is 8.67. The van der Waals surface area contributed by atoms with Crippen molar-refractivity contribution in [1.29, 1.82) is 0 Å². The number of hydrogen-bond donors (Lipinski definition) is 1. The zero-order valence-electron chi connectivity index (χ0n) is 13.0. The van der Waals surface area contributed by atoms with Gasteiger partial charge in [-0.2, -0.15) is 10.1 Å². The van der Waals surface area contributed by atoms with Crippen molar-refractivity contribution in [3.8, 4) is 0 Å². The number of nitrogens with zero attached hydrogens (tertiary/aromatic N) is 4. The highest BCUT2D eigenvalue weighted by Gasteiger charge is 2.20. The van der Waals surface area contributed by atoms with Crippen molar-refractivity contribution in [2.75, 3.05) is 16.8 Å². The second kappa shape index (κ2) is 6.57. The lowest BCUT2D eigenvalue weighted by Gasteiger charge is -2.29. The van der Waals surface area contributed by atoms with E-state index in [1.165, 1.54) is 11.3 Å². The van der Waals surface area contributed by atoms with Crippen LogP contribution in [0.25, 0.3) is 0 Å². The Hall–Kier alpha value is -2.47. The molecule has 2 heterocycles. The van der Waals surface area contributed by atoms with Crippen molar-refractivity contribution >= 4 is 39.1 Å². The highest BCUT2D eigenvalue weighted by molar-refractivity contribution is 9.10. The van der Waals surface area contributed by atoms with E-state index < -0.39 is 0 Å². The van der Waals surface area contributed by atoms with Crippen LogP contribution in [0.4, 0.5) is 23.1 Å². The van der Waals surface area contributed by atoms with Crippen LogP contribution in [0.2, 0.25) is 0 Å². The molecule has 1 aliphatic rings. The van der Waals surface area contributed by atoms with Crippen LogP contribution in [-0.2, 0) is 6.42 Å². The van der Waals surface area contributed by atoms with Crippen molar-refractivity contribution in [2.45, 2.75) is 12.8 Å². The van der Waals surface area contributed by atoms with Crippen molar-refractivity contribution in [2.24, 2.45) is 0 Å². The van der Waals surface area contributed by atoms with Crippen LogP contribution in [0.15, 0.2) is 59.2 Å². The molecule has 4 rings (SSSR count). The lowest BCUT2D eigenvalue weighted by molar-refractivity contribution is 0.742. The minimum absolute atomic E-state index is 0.627. The van der Waals surface area contributed by atoms with Crippen LogP contribution in [0.3, 0.4) is 0 Å². The summed E-state index contributed by atoms with van der Waals surface area (Å²) in [5.41, 5.74) is 3.46. The molecule has 0 saturated heterocycles. The molecule has 1 N–H and O–H groups in total. The summed E-state index contributed by atoms with van der Waals surface area (Å²) in [6.07, 6.45) is 3.82. The van der Waals surface area contributed by atoms with Crippen molar-refractivity contribution in [3.05, 3.63) is 64.8 Å². The first-order valence-electron chi connectivity index (χ1n) is 7.87. The number of para-hydroxylation sites is 1. The number of aryl methyl sites for hydroxylation is 1. The molecule has 3 aromatic rings. The third kappa shape index (κ3) is 3.10. The van der Waals surface area contributed by atoms with Crippen LogP contribution in [0.1, 0.15) is 12.0 Å². The van der Waals surface area contributed by atoms with E-state index in [0.717, 1.165) is 29.5 Å². The molecule has 0 bridgehead atoms. The molecule has 5 nitrogen and oxygen atoms in total. The van der Waals surface area contributed by atoms with E-state index in [1.54, 1.807) is 6.20 Å². The Balaban J connectivity index is 1.64. The molecule has 0 fully saturated rings. The smallest absolute Gasteiger partial charge is 0.251 e. The zero-order chi connectivity index (χ0) is 16.4. The molecular weight excluding hydrogens is 366 g/mol. The molecule has 0 radical (unpaired) electrons. The fourth-order valence-electron chi connectivity index (χ4n) is 2.92. The third-order valence-electron chi connectivity index (χ3n) is 4.00. The Morgan fingerprint density at radius 1 is 1.08 bits per heavy atom. The van der Waals surface area contributed by atoms with Crippen molar-refractivity contribution in [1.82, 2.24) is 15.2 Å². The summed E-state index contributed by atoms with van der Waals surface area (Å²) in [7, 11) is 0. The molecule has 0 spiro atoms. The van der Waals surface area contributed by atoms with E-state index in [0.29, 0.717) is 11.8 Å². The van der Waals surface area contributed by atoms with Gasteiger partial charge in [0.15, 0.2) is 5.82 Å². The Bertz CT molecular complexity index is 867. The molecule has 0 amide bonds. The van der Waals surface area contributed by atoms with Gasteiger partial charge < -0.3 is 10.2 Å². The molecular formula is C18H16BrN5. The summed E-state index contributed by atoms with van der Waals surface area (Å²) in [6.45, 7) is 0.902. The predicted octanol–water partition coefficient (Wildman–Crippen LogP) is 4.46. The summed E-state index contributed by atoms with van der Waals surface area (Å²) in [6, 6.07) is 16.4. The van der Waals surface area contributed by atoms with E-state index >= 15 is 0 Å². The van der Waals surface area contributed by atoms with Crippen LogP contribution < -0.4 is 10.2 Å². The molecule has 0 aliphatic carbocycles. The maximum atomic E-state index is 4.65. The van der Waals surface area contributed by atoms with E-state index in [4.69, 9.17) is 0 Å². The minimum atomic E-state index is 0.627. The van der Waals surface area contributed by atoms with Gasteiger partial charge in [-0.15, -0.1) is 5.10 Å². The third-order valence-corrected chi connectivity index (χ3v) is 4.49. The van der Waals surface area contributed by atoms with Gasteiger partial charge in [-0.3, -0.25) is 0 Å². The lowest BCUT2D eigenvalue weighted by Crippen LogP contribution is -2.26. The van der Waals surface area contributed by atoms with Gasteiger partial charge in [-0.05, 0) is 42.7 Å². The average Bonchev–Trinajstić information content (AvgIpc) is 2.61. The maximum absolute atomic E-state index is 4.65. The van der Waals surface area contributed by atoms with E-state index in [1.807, 2.05) is 30.3 Å². The average molecular weight is 382 g/mol. The number of benzene rings is 2. The fraction of sp³-hybridized carbons (Fsp3) is 0.167. The normalized spacial score (nSPS) is 13.5. The number of aromatic nitrogens is 3. The molecule has 6 heteroatoms. The number of anilines is 4. The van der Waals surface area contributed by atoms with Crippen LogP contribution >= 0.6 is 15.9 Å². The monoisotopic (exact) mass is 381 g/mol. The van der Waals surface area contributed by atoms with Crippen LogP contribution in [0, 0.1) is 0 Å². The number of halogens is 1. The van der Waals surface area contributed by atoms with Gasteiger partial charge in [0.05, 0.1) is 6.20 Å². The molecule has 0 atom stereocenters. The minimum Gasteiger partial charge on any atom is -0.339 e. The van der Waals surface area contributed by atoms with Gasteiger partial charge >= 0.3 is 0 Å². The molecule has 120 valence electrons. The first kappa shape index (κ1) is 15.1. The van der Waals surface area contributed by atoms with Gasteiger partial charge in [0, 0.05) is 22.4 Å². The number of nitrogens with one attached hydrogen (secondary N) is 1. The van der Waals surface area contributed by atoms with Gasteiger partial charge in [-0.25, -0.2) is 0 Å². The molecule has 0 saturated carbocycles. The van der Waals surface area contributed by atoms with Crippen LogP contribution in [-0.4, -0.2) is 21.7 Å². The van der Waals surface area contributed by atoms with Gasteiger partial charge in [0.25, 0.3) is 5.95 Å². The maximum Gasteiger partial charge on any atom is 0.251 e. The van der Waals surface area contributed by atoms with Crippen molar-refractivity contribution in [3.63, 3.8) is 0 Å². The summed E-state index contributed by atoms with van der Waals surface area (Å²) < 4.78 is 1.01. The summed E-state index contributed by atoms with van der Waals surface area (Å²) in [5, 5.41) is 11.6. The topological polar surface area (TPSA) is 53.9 Å².